The zero-order valence-corrected chi connectivity index (χ0v) is 19.9. The number of nitrogens with zero attached hydrogens (tertiary/aromatic N) is 4. The van der Waals surface area contributed by atoms with E-state index in [1.165, 1.54) is 28.2 Å². The lowest BCUT2D eigenvalue weighted by Gasteiger charge is -2.26. The highest BCUT2D eigenvalue weighted by atomic mass is 32.2. The average Bonchev–Trinajstić information content (AvgIpc) is 3.22. The largest absolute Gasteiger partial charge is 0.379 e. The van der Waals surface area contributed by atoms with Gasteiger partial charge in [-0.2, -0.15) is 4.31 Å². The van der Waals surface area contributed by atoms with Crippen molar-refractivity contribution in [3.05, 3.63) is 72.6 Å². The van der Waals surface area contributed by atoms with E-state index in [4.69, 9.17) is 4.74 Å². The second-order valence-corrected chi connectivity index (χ2v) is 10.8. The van der Waals surface area contributed by atoms with Gasteiger partial charge in [-0.1, -0.05) is 42.1 Å². The number of morpholine rings is 1. The molecule has 2 aromatic carbocycles. The number of sulfonamides is 1. The summed E-state index contributed by atoms with van der Waals surface area (Å²) >= 11 is 1.50. The number of ether oxygens (including phenoxy) is 1. The maximum absolute atomic E-state index is 13.3. The van der Waals surface area contributed by atoms with Crippen LogP contribution in [0, 0.1) is 5.82 Å². The zero-order valence-electron chi connectivity index (χ0n) is 18.2. The van der Waals surface area contributed by atoms with Crippen molar-refractivity contribution >= 4 is 21.8 Å². The van der Waals surface area contributed by atoms with E-state index in [0.717, 1.165) is 5.56 Å². The molecule has 0 bridgehead atoms. The summed E-state index contributed by atoms with van der Waals surface area (Å²) in [6.45, 7) is 7.75. The van der Waals surface area contributed by atoms with Crippen molar-refractivity contribution in [3.63, 3.8) is 0 Å². The highest BCUT2D eigenvalue weighted by Crippen LogP contribution is 2.35. The fourth-order valence-electron chi connectivity index (χ4n) is 3.57. The molecular weight excluding hydrogens is 463 g/mol. The van der Waals surface area contributed by atoms with E-state index in [1.54, 1.807) is 36.4 Å². The number of benzene rings is 2. The van der Waals surface area contributed by atoms with Crippen LogP contribution in [0.15, 0.2) is 71.2 Å². The molecule has 0 N–H and O–H groups in total. The first-order chi connectivity index (χ1) is 15.9. The summed E-state index contributed by atoms with van der Waals surface area (Å²) in [4.78, 5) is 0.212. The molecular formula is C23H25FN4O3S2. The molecule has 1 aromatic heterocycles. The van der Waals surface area contributed by atoms with Crippen molar-refractivity contribution in [2.24, 2.45) is 0 Å². The molecule has 10 heteroatoms. The number of hydrogen-bond donors (Lipinski definition) is 0. The van der Waals surface area contributed by atoms with Gasteiger partial charge in [-0.25, -0.2) is 12.8 Å². The molecule has 0 aliphatic carbocycles. The number of rotatable bonds is 8. The van der Waals surface area contributed by atoms with Crippen LogP contribution in [0.5, 0.6) is 0 Å². The molecule has 1 aliphatic rings. The summed E-state index contributed by atoms with van der Waals surface area (Å²) < 4.78 is 48.1. The monoisotopic (exact) mass is 488 g/mol. The first kappa shape index (κ1) is 23.6. The summed E-state index contributed by atoms with van der Waals surface area (Å²) in [5.74, 6) is 0.280. The Labute approximate surface area is 197 Å². The molecule has 1 fully saturated rings. The lowest BCUT2D eigenvalue weighted by Crippen LogP contribution is -2.40. The molecule has 1 aliphatic heterocycles. The minimum atomic E-state index is -3.63. The Morgan fingerprint density at radius 3 is 2.61 bits per heavy atom. The third-order valence-electron chi connectivity index (χ3n) is 5.35. The van der Waals surface area contributed by atoms with Gasteiger partial charge >= 0.3 is 0 Å². The lowest BCUT2D eigenvalue weighted by atomic mass is 10.2. The summed E-state index contributed by atoms with van der Waals surface area (Å²) in [5.41, 5.74) is 1.62. The summed E-state index contributed by atoms with van der Waals surface area (Å²) in [6.07, 6.45) is 1.74. The number of halogens is 1. The Bertz CT molecular complexity index is 1220. The number of allylic oxidation sites excluding steroid dienone is 1. The van der Waals surface area contributed by atoms with Crippen molar-refractivity contribution in [1.82, 2.24) is 19.1 Å². The van der Waals surface area contributed by atoms with Crippen LogP contribution in [0.1, 0.15) is 17.7 Å². The van der Waals surface area contributed by atoms with Crippen molar-refractivity contribution < 1.29 is 17.5 Å². The van der Waals surface area contributed by atoms with E-state index in [0.29, 0.717) is 49.4 Å². The van der Waals surface area contributed by atoms with Gasteiger partial charge in [-0.3, -0.25) is 4.57 Å². The maximum Gasteiger partial charge on any atom is 0.243 e. The molecule has 4 rings (SSSR count). The van der Waals surface area contributed by atoms with Gasteiger partial charge in [0.25, 0.3) is 0 Å². The highest BCUT2D eigenvalue weighted by molar-refractivity contribution is 7.99. The Balaban J connectivity index is 1.64. The predicted octanol–water partition coefficient (Wildman–Crippen LogP) is 4.14. The zero-order chi connectivity index (χ0) is 23.4. The first-order valence-electron chi connectivity index (χ1n) is 10.5. The molecule has 33 heavy (non-hydrogen) atoms. The van der Waals surface area contributed by atoms with Crippen LogP contribution in [0.3, 0.4) is 0 Å². The van der Waals surface area contributed by atoms with E-state index in [2.05, 4.69) is 16.8 Å². The molecule has 0 radical (unpaired) electrons. The Morgan fingerprint density at radius 1 is 1.18 bits per heavy atom. The minimum absolute atomic E-state index is 0.0132. The highest BCUT2D eigenvalue weighted by Gasteiger charge is 2.27. The molecule has 1 atom stereocenters. The topological polar surface area (TPSA) is 77.3 Å². The summed E-state index contributed by atoms with van der Waals surface area (Å²) in [5, 5.41) is 9.39. The van der Waals surface area contributed by atoms with Crippen molar-refractivity contribution in [2.75, 3.05) is 26.3 Å². The number of thioether (sulfide) groups is 1. The van der Waals surface area contributed by atoms with Crippen molar-refractivity contribution in [2.45, 2.75) is 28.8 Å². The van der Waals surface area contributed by atoms with Crippen LogP contribution < -0.4 is 0 Å². The second kappa shape index (κ2) is 10.2. The lowest BCUT2D eigenvalue weighted by molar-refractivity contribution is 0.0730. The van der Waals surface area contributed by atoms with E-state index in [1.807, 2.05) is 17.6 Å². The van der Waals surface area contributed by atoms with Gasteiger partial charge in [0.05, 0.1) is 18.1 Å². The van der Waals surface area contributed by atoms with E-state index < -0.39 is 10.0 Å². The van der Waals surface area contributed by atoms with Gasteiger partial charge in [0.1, 0.15) is 5.82 Å². The Kier molecular flexibility index (Phi) is 7.28. The third kappa shape index (κ3) is 5.19. The van der Waals surface area contributed by atoms with Gasteiger partial charge in [-0.05, 0) is 36.8 Å². The molecule has 174 valence electrons. The van der Waals surface area contributed by atoms with E-state index in [9.17, 15) is 12.8 Å². The maximum atomic E-state index is 13.3. The van der Waals surface area contributed by atoms with Gasteiger partial charge in [0, 0.05) is 30.4 Å². The van der Waals surface area contributed by atoms with Crippen LogP contribution in [0.4, 0.5) is 4.39 Å². The van der Waals surface area contributed by atoms with Crippen LogP contribution in [0.2, 0.25) is 0 Å². The molecule has 7 nitrogen and oxygen atoms in total. The molecule has 0 spiro atoms. The van der Waals surface area contributed by atoms with Gasteiger partial charge in [0.15, 0.2) is 11.0 Å². The molecule has 1 unspecified atom stereocenters. The van der Waals surface area contributed by atoms with Crippen molar-refractivity contribution in [3.8, 4) is 11.4 Å². The fourth-order valence-corrected chi connectivity index (χ4v) is 6.01. The fraction of sp³-hybridized carbons (Fsp3) is 0.304. The Morgan fingerprint density at radius 2 is 1.91 bits per heavy atom. The van der Waals surface area contributed by atoms with Crippen molar-refractivity contribution in [1.29, 1.82) is 0 Å². The molecule has 2 heterocycles. The Hall–Kier alpha value is -2.53. The first-order valence-corrected chi connectivity index (χ1v) is 12.9. The van der Waals surface area contributed by atoms with E-state index in [-0.39, 0.29) is 16.0 Å². The average molecular weight is 489 g/mol. The minimum Gasteiger partial charge on any atom is -0.379 e. The van der Waals surface area contributed by atoms with E-state index >= 15 is 0 Å². The predicted molar refractivity (Wildman–Crippen MR) is 126 cm³/mol. The van der Waals surface area contributed by atoms with Crippen LogP contribution >= 0.6 is 11.8 Å². The standard InChI is InChI=1S/C23H25FN4O3S2/c1-3-11-28-22(25-26-23(28)32-17(2)18-7-9-20(24)10-8-18)19-5-4-6-21(16-19)33(29,30)27-12-14-31-15-13-27/h3-10,16-17H,1,11-15H2,2H3. The summed E-state index contributed by atoms with van der Waals surface area (Å²) in [7, 11) is -3.63. The van der Waals surface area contributed by atoms with Crippen LogP contribution in [-0.4, -0.2) is 53.8 Å². The van der Waals surface area contributed by atoms with Gasteiger partial charge in [0.2, 0.25) is 10.0 Å². The second-order valence-electron chi connectivity index (χ2n) is 7.56. The van der Waals surface area contributed by atoms with Crippen LogP contribution in [-0.2, 0) is 21.3 Å². The normalized spacial score (nSPS) is 15.9. The SMILES string of the molecule is C=CCn1c(SC(C)c2ccc(F)cc2)nnc1-c1cccc(S(=O)(=O)N2CCOCC2)c1. The third-order valence-corrected chi connectivity index (χ3v) is 8.38. The summed E-state index contributed by atoms with van der Waals surface area (Å²) in [6, 6.07) is 13.1. The van der Waals surface area contributed by atoms with Gasteiger partial charge in [-0.15, -0.1) is 16.8 Å². The van der Waals surface area contributed by atoms with Gasteiger partial charge < -0.3 is 4.74 Å². The van der Waals surface area contributed by atoms with Crippen LogP contribution in [0.25, 0.3) is 11.4 Å². The number of aromatic nitrogens is 3. The smallest absolute Gasteiger partial charge is 0.243 e. The molecule has 0 saturated carbocycles. The quantitative estimate of drug-likeness (QED) is 0.350. The molecule has 0 amide bonds. The molecule has 3 aromatic rings. The number of hydrogen-bond acceptors (Lipinski definition) is 6. The molecule has 1 saturated heterocycles.